The topological polar surface area (TPSA) is 62.8 Å². The highest BCUT2D eigenvalue weighted by molar-refractivity contribution is 5.78. The zero-order valence-corrected chi connectivity index (χ0v) is 14.2. The van der Waals surface area contributed by atoms with E-state index in [1.54, 1.807) is 14.2 Å². The highest BCUT2D eigenvalue weighted by Gasteiger charge is 2.17. The minimum atomic E-state index is -0.141. The summed E-state index contributed by atoms with van der Waals surface area (Å²) in [7, 11) is 3.26. The van der Waals surface area contributed by atoms with Gasteiger partial charge in [-0.05, 0) is 44.6 Å². The first-order chi connectivity index (χ1) is 11.1. The Labute approximate surface area is 138 Å². The van der Waals surface area contributed by atoms with E-state index in [1.807, 2.05) is 25.1 Å². The number of carbonyl (C=O) groups is 1. The molecule has 1 unspecified atom stereocenters. The molecule has 1 heterocycles. The quantitative estimate of drug-likeness (QED) is 0.824. The van der Waals surface area contributed by atoms with Crippen LogP contribution in [0.4, 0.5) is 0 Å². The number of carbonyl (C=O) groups excluding carboxylic acids is 1. The van der Waals surface area contributed by atoms with Crippen molar-refractivity contribution in [3.8, 4) is 11.5 Å². The van der Waals surface area contributed by atoms with Gasteiger partial charge in [0, 0.05) is 18.7 Å². The zero-order chi connectivity index (χ0) is 16.7. The first kappa shape index (κ1) is 17.6. The smallest absolute Gasteiger partial charge is 0.234 e. The Morgan fingerprint density at radius 1 is 1.30 bits per heavy atom. The maximum absolute atomic E-state index is 12.3. The summed E-state index contributed by atoms with van der Waals surface area (Å²) in [4.78, 5) is 14.5. The molecule has 6 nitrogen and oxygen atoms in total. The average Bonchev–Trinajstić information content (AvgIpc) is 2.82. The Balaban J connectivity index is 1.97. The van der Waals surface area contributed by atoms with E-state index in [0.717, 1.165) is 49.7 Å². The van der Waals surface area contributed by atoms with E-state index < -0.39 is 0 Å². The van der Waals surface area contributed by atoms with Crippen LogP contribution < -0.4 is 20.1 Å². The van der Waals surface area contributed by atoms with Crippen LogP contribution in [-0.4, -0.2) is 57.8 Å². The molecule has 23 heavy (non-hydrogen) atoms. The number of methoxy groups -OCH3 is 2. The highest BCUT2D eigenvalue weighted by atomic mass is 16.5. The third-order valence-corrected chi connectivity index (χ3v) is 4.08. The summed E-state index contributed by atoms with van der Waals surface area (Å²) in [6.07, 6.45) is 1.08. The van der Waals surface area contributed by atoms with Crippen LogP contribution in [0.15, 0.2) is 18.2 Å². The summed E-state index contributed by atoms with van der Waals surface area (Å²) in [6, 6.07) is 5.47. The van der Waals surface area contributed by atoms with Crippen LogP contribution >= 0.6 is 0 Å². The Morgan fingerprint density at radius 3 is 2.87 bits per heavy atom. The van der Waals surface area contributed by atoms with Crippen LogP contribution in [0.25, 0.3) is 0 Å². The maximum Gasteiger partial charge on any atom is 0.234 e. The number of hydrogen-bond donors (Lipinski definition) is 2. The van der Waals surface area contributed by atoms with Gasteiger partial charge in [-0.15, -0.1) is 0 Å². The summed E-state index contributed by atoms with van der Waals surface area (Å²) in [5, 5.41) is 6.39. The van der Waals surface area contributed by atoms with Gasteiger partial charge in [0.2, 0.25) is 5.91 Å². The molecule has 2 N–H and O–H groups in total. The van der Waals surface area contributed by atoms with Gasteiger partial charge in [-0.1, -0.05) is 0 Å². The predicted octanol–water partition coefficient (Wildman–Crippen LogP) is 1.18. The second kappa shape index (κ2) is 8.74. The number of benzene rings is 1. The number of ether oxygens (including phenoxy) is 2. The van der Waals surface area contributed by atoms with Crippen molar-refractivity contribution in [3.63, 3.8) is 0 Å². The first-order valence-electron chi connectivity index (χ1n) is 8.08. The molecule has 0 bridgehead atoms. The molecule has 0 saturated carbocycles. The summed E-state index contributed by atoms with van der Waals surface area (Å²) >= 11 is 0. The van der Waals surface area contributed by atoms with Gasteiger partial charge in [-0.3, -0.25) is 9.69 Å². The Kier molecular flexibility index (Phi) is 6.67. The molecular weight excluding hydrogens is 294 g/mol. The molecular formula is C17H27N3O3. The van der Waals surface area contributed by atoms with Crippen molar-refractivity contribution in [2.45, 2.75) is 19.4 Å². The molecule has 0 spiro atoms. The van der Waals surface area contributed by atoms with Crippen LogP contribution in [0, 0.1) is 0 Å². The molecule has 1 amide bonds. The lowest BCUT2D eigenvalue weighted by Gasteiger charge is -2.22. The highest BCUT2D eigenvalue weighted by Crippen LogP contribution is 2.29. The van der Waals surface area contributed by atoms with Gasteiger partial charge in [0.15, 0.2) is 0 Å². The van der Waals surface area contributed by atoms with Gasteiger partial charge < -0.3 is 20.1 Å². The van der Waals surface area contributed by atoms with E-state index in [9.17, 15) is 4.79 Å². The third kappa shape index (κ3) is 5.11. The number of nitrogens with one attached hydrogen (secondary N) is 2. The molecule has 2 rings (SSSR count). The standard InChI is InChI=1S/C17H27N3O3/c1-13(15-11-14(22-2)5-6-16(15)23-3)19-17(21)12-20-9-4-7-18-8-10-20/h5-6,11,13,18H,4,7-10,12H2,1-3H3,(H,19,21). The number of nitrogens with zero attached hydrogens (tertiary/aromatic N) is 1. The van der Waals surface area contributed by atoms with Crippen molar-refractivity contribution < 1.29 is 14.3 Å². The van der Waals surface area contributed by atoms with E-state index in [4.69, 9.17) is 9.47 Å². The second-order valence-electron chi connectivity index (χ2n) is 5.78. The normalized spacial score (nSPS) is 17.2. The van der Waals surface area contributed by atoms with Crippen LogP contribution in [0.5, 0.6) is 11.5 Å². The molecule has 0 aromatic heterocycles. The van der Waals surface area contributed by atoms with Crippen LogP contribution in [0.2, 0.25) is 0 Å². The molecule has 0 radical (unpaired) electrons. The van der Waals surface area contributed by atoms with Gasteiger partial charge in [-0.2, -0.15) is 0 Å². The molecule has 1 atom stereocenters. The van der Waals surface area contributed by atoms with E-state index in [2.05, 4.69) is 15.5 Å². The SMILES string of the molecule is COc1ccc(OC)c(C(C)NC(=O)CN2CCCNCC2)c1. The van der Waals surface area contributed by atoms with E-state index in [1.165, 1.54) is 0 Å². The Morgan fingerprint density at radius 2 is 2.13 bits per heavy atom. The fourth-order valence-electron chi connectivity index (χ4n) is 2.81. The molecule has 1 aromatic carbocycles. The molecule has 6 heteroatoms. The van der Waals surface area contributed by atoms with Crippen LogP contribution in [-0.2, 0) is 4.79 Å². The van der Waals surface area contributed by atoms with Crippen LogP contribution in [0.3, 0.4) is 0 Å². The minimum absolute atomic E-state index is 0.0317. The molecule has 0 aliphatic carbocycles. The fraction of sp³-hybridized carbons (Fsp3) is 0.588. The lowest BCUT2D eigenvalue weighted by molar-refractivity contribution is -0.122. The van der Waals surface area contributed by atoms with Crippen molar-refractivity contribution in [1.29, 1.82) is 0 Å². The molecule has 128 valence electrons. The first-order valence-corrected chi connectivity index (χ1v) is 8.08. The van der Waals surface area contributed by atoms with Crippen molar-refractivity contribution in [2.24, 2.45) is 0 Å². The lowest BCUT2D eigenvalue weighted by atomic mass is 10.1. The van der Waals surface area contributed by atoms with E-state index >= 15 is 0 Å². The van der Waals surface area contributed by atoms with Gasteiger partial charge in [0.1, 0.15) is 11.5 Å². The summed E-state index contributed by atoms with van der Waals surface area (Å²) in [5.41, 5.74) is 0.915. The van der Waals surface area contributed by atoms with Crippen molar-refractivity contribution in [3.05, 3.63) is 23.8 Å². The maximum atomic E-state index is 12.3. The molecule has 1 aliphatic heterocycles. The second-order valence-corrected chi connectivity index (χ2v) is 5.78. The number of amides is 1. The molecule has 1 fully saturated rings. The fourth-order valence-corrected chi connectivity index (χ4v) is 2.81. The van der Waals surface area contributed by atoms with Crippen LogP contribution in [0.1, 0.15) is 24.9 Å². The number of rotatable bonds is 6. The summed E-state index contributed by atoms with van der Waals surface area (Å²) in [6.45, 7) is 6.21. The zero-order valence-electron chi connectivity index (χ0n) is 14.2. The van der Waals surface area contributed by atoms with Gasteiger partial charge in [0.05, 0.1) is 26.8 Å². The third-order valence-electron chi connectivity index (χ3n) is 4.08. The summed E-state index contributed by atoms with van der Waals surface area (Å²) in [5.74, 6) is 1.53. The van der Waals surface area contributed by atoms with Gasteiger partial charge in [-0.25, -0.2) is 0 Å². The lowest BCUT2D eigenvalue weighted by Crippen LogP contribution is -2.39. The van der Waals surface area contributed by atoms with Crippen molar-refractivity contribution >= 4 is 5.91 Å². The predicted molar refractivity (Wildman–Crippen MR) is 90.0 cm³/mol. The van der Waals surface area contributed by atoms with Crippen molar-refractivity contribution in [2.75, 3.05) is 46.9 Å². The number of hydrogen-bond acceptors (Lipinski definition) is 5. The van der Waals surface area contributed by atoms with Gasteiger partial charge >= 0.3 is 0 Å². The molecule has 1 aliphatic rings. The minimum Gasteiger partial charge on any atom is -0.497 e. The monoisotopic (exact) mass is 321 g/mol. The van der Waals surface area contributed by atoms with Crippen molar-refractivity contribution in [1.82, 2.24) is 15.5 Å². The van der Waals surface area contributed by atoms with Gasteiger partial charge in [0.25, 0.3) is 0 Å². The largest absolute Gasteiger partial charge is 0.497 e. The van der Waals surface area contributed by atoms with E-state index in [-0.39, 0.29) is 11.9 Å². The Hall–Kier alpha value is -1.79. The Bertz CT molecular complexity index is 514. The molecule has 1 aromatic rings. The molecule has 1 saturated heterocycles. The summed E-state index contributed by atoms with van der Waals surface area (Å²) < 4.78 is 10.6. The van der Waals surface area contributed by atoms with E-state index in [0.29, 0.717) is 6.54 Å². The average molecular weight is 321 g/mol.